The molecule has 0 atom stereocenters. The lowest BCUT2D eigenvalue weighted by atomic mass is 10.1. The first-order valence-electron chi connectivity index (χ1n) is 7.19. The van der Waals surface area contributed by atoms with Crippen molar-refractivity contribution in [2.45, 2.75) is 20.3 Å². The zero-order valence-corrected chi connectivity index (χ0v) is 12.2. The summed E-state index contributed by atoms with van der Waals surface area (Å²) in [5.41, 5.74) is 0.364. The Kier molecular flexibility index (Phi) is 5.55. The van der Waals surface area contributed by atoms with Gasteiger partial charge in [-0.25, -0.2) is 0 Å². The van der Waals surface area contributed by atoms with Crippen LogP contribution in [0.4, 0.5) is 0 Å². The fourth-order valence-corrected chi connectivity index (χ4v) is 2.16. The van der Waals surface area contributed by atoms with Crippen LogP contribution >= 0.6 is 0 Å². The minimum absolute atomic E-state index is 0.169. The smallest absolute Gasteiger partial charge is 0.273 e. The van der Waals surface area contributed by atoms with Crippen molar-refractivity contribution in [2.75, 3.05) is 39.4 Å². The van der Waals surface area contributed by atoms with E-state index in [-0.39, 0.29) is 5.91 Å². The number of ether oxygens (including phenoxy) is 1. The van der Waals surface area contributed by atoms with E-state index in [2.05, 4.69) is 29.2 Å². The maximum atomic E-state index is 11.9. The Labute approximate surface area is 119 Å². The number of rotatable bonds is 6. The molecule has 1 aliphatic rings. The topological polar surface area (TPSA) is 67.6 Å². The zero-order valence-electron chi connectivity index (χ0n) is 12.2. The summed E-state index contributed by atoms with van der Waals surface area (Å²) in [6.07, 6.45) is 0.800. The summed E-state index contributed by atoms with van der Waals surface area (Å²) < 4.78 is 10.4. The Bertz CT molecular complexity index is 425. The fraction of sp³-hybridized carbons (Fsp3) is 0.714. The SMILES string of the molecule is CC(C)Cc1cc(C(=O)NCCN2CCOCC2)no1. The molecule has 2 rings (SSSR count). The third-order valence-electron chi connectivity index (χ3n) is 3.22. The highest BCUT2D eigenvalue weighted by Gasteiger charge is 2.14. The van der Waals surface area contributed by atoms with E-state index in [9.17, 15) is 4.79 Å². The molecule has 1 amide bonds. The molecule has 0 aromatic carbocycles. The van der Waals surface area contributed by atoms with Crippen LogP contribution in [-0.4, -0.2) is 55.4 Å². The second-order valence-corrected chi connectivity index (χ2v) is 5.49. The number of hydrogen-bond acceptors (Lipinski definition) is 5. The first kappa shape index (κ1) is 15.0. The van der Waals surface area contributed by atoms with Crippen LogP contribution in [0.1, 0.15) is 30.1 Å². The van der Waals surface area contributed by atoms with Gasteiger partial charge in [0.1, 0.15) is 5.76 Å². The third kappa shape index (κ3) is 4.61. The van der Waals surface area contributed by atoms with Crippen molar-refractivity contribution >= 4 is 5.91 Å². The van der Waals surface area contributed by atoms with E-state index in [0.29, 0.717) is 18.2 Å². The van der Waals surface area contributed by atoms with E-state index >= 15 is 0 Å². The fourth-order valence-electron chi connectivity index (χ4n) is 2.16. The number of amides is 1. The lowest BCUT2D eigenvalue weighted by Crippen LogP contribution is -2.41. The summed E-state index contributed by atoms with van der Waals surface area (Å²) in [5.74, 6) is 1.08. The summed E-state index contributed by atoms with van der Waals surface area (Å²) in [7, 11) is 0. The van der Waals surface area contributed by atoms with Gasteiger partial charge < -0.3 is 14.6 Å². The van der Waals surface area contributed by atoms with Crippen LogP contribution in [0, 0.1) is 5.92 Å². The van der Waals surface area contributed by atoms with Gasteiger partial charge in [-0.1, -0.05) is 19.0 Å². The molecule has 1 fully saturated rings. The van der Waals surface area contributed by atoms with Gasteiger partial charge in [0, 0.05) is 38.7 Å². The van der Waals surface area contributed by atoms with Crippen LogP contribution in [0.25, 0.3) is 0 Å². The third-order valence-corrected chi connectivity index (χ3v) is 3.22. The van der Waals surface area contributed by atoms with Gasteiger partial charge in [-0.2, -0.15) is 0 Å². The van der Waals surface area contributed by atoms with Crippen molar-refractivity contribution in [3.8, 4) is 0 Å². The van der Waals surface area contributed by atoms with Gasteiger partial charge in [0.15, 0.2) is 5.69 Å². The van der Waals surface area contributed by atoms with Crippen molar-refractivity contribution in [1.29, 1.82) is 0 Å². The Morgan fingerprint density at radius 3 is 2.90 bits per heavy atom. The number of carbonyl (C=O) groups is 1. The molecule has 0 saturated carbocycles. The van der Waals surface area contributed by atoms with Gasteiger partial charge >= 0.3 is 0 Å². The molecule has 1 aliphatic heterocycles. The van der Waals surface area contributed by atoms with Crippen LogP contribution < -0.4 is 5.32 Å². The van der Waals surface area contributed by atoms with Gasteiger partial charge in [0.2, 0.25) is 0 Å². The summed E-state index contributed by atoms with van der Waals surface area (Å²) in [6, 6.07) is 1.73. The van der Waals surface area contributed by atoms with Crippen LogP contribution in [0.3, 0.4) is 0 Å². The largest absolute Gasteiger partial charge is 0.379 e. The van der Waals surface area contributed by atoms with Crippen molar-refractivity contribution < 1.29 is 14.1 Å². The van der Waals surface area contributed by atoms with Crippen LogP contribution in [0.2, 0.25) is 0 Å². The Morgan fingerprint density at radius 2 is 2.20 bits per heavy atom. The highest BCUT2D eigenvalue weighted by atomic mass is 16.5. The predicted octanol–water partition coefficient (Wildman–Crippen LogP) is 0.935. The van der Waals surface area contributed by atoms with Gasteiger partial charge in [-0.15, -0.1) is 0 Å². The van der Waals surface area contributed by atoms with Crippen LogP contribution in [0.5, 0.6) is 0 Å². The van der Waals surface area contributed by atoms with E-state index in [0.717, 1.165) is 45.0 Å². The average Bonchev–Trinajstić information content (AvgIpc) is 2.87. The van der Waals surface area contributed by atoms with Gasteiger partial charge in [-0.05, 0) is 5.92 Å². The van der Waals surface area contributed by atoms with E-state index in [1.807, 2.05) is 0 Å². The van der Waals surface area contributed by atoms with E-state index in [1.54, 1.807) is 6.07 Å². The summed E-state index contributed by atoms with van der Waals surface area (Å²) in [6.45, 7) is 9.06. The van der Waals surface area contributed by atoms with E-state index in [4.69, 9.17) is 9.26 Å². The molecule has 1 aromatic rings. The molecule has 6 nitrogen and oxygen atoms in total. The summed E-state index contributed by atoms with van der Waals surface area (Å²) >= 11 is 0. The number of aromatic nitrogens is 1. The number of morpholine rings is 1. The molecule has 1 saturated heterocycles. The van der Waals surface area contributed by atoms with Gasteiger partial charge in [0.05, 0.1) is 13.2 Å². The lowest BCUT2D eigenvalue weighted by molar-refractivity contribution is 0.0383. The maximum Gasteiger partial charge on any atom is 0.273 e. The molecule has 0 unspecified atom stereocenters. The van der Waals surface area contributed by atoms with Crippen molar-refractivity contribution in [1.82, 2.24) is 15.4 Å². The molecule has 1 N–H and O–H groups in total. The average molecular weight is 281 g/mol. The molecule has 2 heterocycles. The van der Waals surface area contributed by atoms with Crippen molar-refractivity contribution in [3.05, 3.63) is 17.5 Å². The highest BCUT2D eigenvalue weighted by Crippen LogP contribution is 2.09. The predicted molar refractivity (Wildman–Crippen MR) is 74.6 cm³/mol. The minimum Gasteiger partial charge on any atom is -0.379 e. The van der Waals surface area contributed by atoms with E-state index in [1.165, 1.54) is 0 Å². The van der Waals surface area contributed by atoms with Crippen molar-refractivity contribution in [3.63, 3.8) is 0 Å². The first-order valence-corrected chi connectivity index (χ1v) is 7.19. The molecule has 0 bridgehead atoms. The van der Waals surface area contributed by atoms with E-state index < -0.39 is 0 Å². The molecule has 1 aromatic heterocycles. The molecule has 112 valence electrons. The second kappa shape index (κ2) is 7.40. The van der Waals surface area contributed by atoms with Gasteiger partial charge in [-0.3, -0.25) is 9.69 Å². The molecule has 0 radical (unpaired) electrons. The number of carbonyl (C=O) groups excluding carboxylic acids is 1. The highest BCUT2D eigenvalue weighted by molar-refractivity contribution is 5.92. The van der Waals surface area contributed by atoms with Crippen LogP contribution in [0.15, 0.2) is 10.6 Å². The number of nitrogens with one attached hydrogen (secondary N) is 1. The zero-order chi connectivity index (χ0) is 14.4. The minimum atomic E-state index is -0.169. The molecule has 0 aliphatic carbocycles. The Hall–Kier alpha value is -1.40. The quantitative estimate of drug-likeness (QED) is 0.840. The van der Waals surface area contributed by atoms with Crippen molar-refractivity contribution in [2.24, 2.45) is 5.92 Å². The molecular weight excluding hydrogens is 258 g/mol. The Balaban J connectivity index is 1.72. The molecule has 20 heavy (non-hydrogen) atoms. The summed E-state index contributed by atoms with van der Waals surface area (Å²) in [4.78, 5) is 14.2. The number of nitrogens with zero attached hydrogens (tertiary/aromatic N) is 2. The normalized spacial score (nSPS) is 16.6. The first-order chi connectivity index (χ1) is 9.65. The second-order valence-electron chi connectivity index (χ2n) is 5.49. The standard InChI is InChI=1S/C14H23N3O3/c1-11(2)9-12-10-13(16-20-12)14(18)15-3-4-17-5-7-19-8-6-17/h10-11H,3-9H2,1-2H3,(H,15,18). The number of hydrogen-bond donors (Lipinski definition) is 1. The maximum absolute atomic E-state index is 11.9. The monoisotopic (exact) mass is 281 g/mol. The Morgan fingerprint density at radius 1 is 1.45 bits per heavy atom. The van der Waals surface area contributed by atoms with Crippen LogP contribution in [-0.2, 0) is 11.2 Å². The summed E-state index contributed by atoms with van der Waals surface area (Å²) in [5, 5.41) is 6.68. The molecular formula is C14H23N3O3. The lowest BCUT2D eigenvalue weighted by Gasteiger charge is -2.26. The molecule has 6 heteroatoms. The molecule has 0 spiro atoms. The van der Waals surface area contributed by atoms with Gasteiger partial charge in [0.25, 0.3) is 5.91 Å².